The van der Waals surface area contributed by atoms with Crippen molar-refractivity contribution in [2.75, 3.05) is 13.2 Å². The van der Waals surface area contributed by atoms with E-state index < -0.39 is 0 Å². The van der Waals surface area contributed by atoms with Gasteiger partial charge in [-0.3, -0.25) is 4.98 Å². The highest BCUT2D eigenvalue weighted by Crippen LogP contribution is 2.29. The maximum atomic E-state index is 8.73. The summed E-state index contributed by atoms with van der Waals surface area (Å²) in [4.78, 5) is 8.86. The molecule has 0 fully saturated rings. The minimum absolute atomic E-state index is 0.398. The van der Waals surface area contributed by atoms with Gasteiger partial charge in [0.25, 0.3) is 0 Å². The Morgan fingerprint density at radius 1 is 1.29 bits per heavy atom. The summed E-state index contributed by atoms with van der Waals surface area (Å²) < 4.78 is 5.67. The number of aromatic nitrogens is 2. The summed E-state index contributed by atoms with van der Waals surface area (Å²) in [6, 6.07) is 9.47. The molecule has 21 heavy (non-hydrogen) atoms. The second kappa shape index (κ2) is 5.72. The Labute approximate surface area is 120 Å². The molecule has 2 heterocycles. The Kier molecular flexibility index (Phi) is 3.61. The molecule has 6 nitrogen and oxygen atoms in total. The van der Waals surface area contributed by atoms with E-state index in [1.165, 1.54) is 6.21 Å². The number of hydrogen-bond donors (Lipinski definition) is 2. The third kappa shape index (κ3) is 2.48. The van der Waals surface area contributed by atoms with Crippen molar-refractivity contribution < 1.29 is 9.94 Å². The van der Waals surface area contributed by atoms with Gasteiger partial charge in [-0.15, -0.1) is 0 Å². The van der Waals surface area contributed by atoms with Crippen molar-refractivity contribution in [2.45, 2.75) is 0 Å². The molecule has 0 unspecified atom stereocenters. The van der Waals surface area contributed by atoms with Crippen LogP contribution in [-0.2, 0) is 0 Å². The van der Waals surface area contributed by atoms with Crippen molar-refractivity contribution in [1.29, 1.82) is 0 Å². The highest BCUT2D eigenvalue weighted by atomic mass is 16.5. The highest BCUT2D eigenvalue weighted by Gasteiger charge is 2.10. The Morgan fingerprint density at radius 2 is 2.19 bits per heavy atom. The maximum Gasteiger partial charge on any atom is 0.131 e. The molecule has 0 bridgehead atoms. The summed E-state index contributed by atoms with van der Waals surface area (Å²) in [5, 5.41) is 13.6. The summed E-state index contributed by atoms with van der Waals surface area (Å²) in [6.07, 6.45) is 2.98. The molecule has 0 saturated carbocycles. The van der Waals surface area contributed by atoms with Crippen molar-refractivity contribution in [1.82, 2.24) is 9.97 Å². The number of ether oxygens (including phenoxy) is 1. The minimum Gasteiger partial charge on any atom is -0.491 e. The molecule has 0 aliphatic carbocycles. The lowest BCUT2D eigenvalue weighted by Gasteiger charge is -2.10. The van der Waals surface area contributed by atoms with Crippen LogP contribution in [0.2, 0.25) is 0 Å². The van der Waals surface area contributed by atoms with Crippen LogP contribution in [0.25, 0.3) is 21.8 Å². The Bertz CT molecular complexity index is 817. The molecule has 0 aliphatic rings. The molecular weight excluding hydrogens is 268 g/mol. The molecule has 0 radical (unpaired) electrons. The van der Waals surface area contributed by atoms with Gasteiger partial charge in [0, 0.05) is 29.6 Å². The summed E-state index contributed by atoms with van der Waals surface area (Å²) in [6.45, 7) is 0.814. The lowest BCUT2D eigenvalue weighted by Crippen LogP contribution is -2.11. The number of nitrogens with two attached hydrogens (primary N) is 1. The van der Waals surface area contributed by atoms with E-state index in [0.29, 0.717) is 30.1 Å². The van der Waals surface area contributed by atoms with Crippen LogP contribution in [0.15, 0.2) is 41.7 Å². The zero-order valence-corrected chi connectivity index (χ0v) is 11.2. The van der Waals surface area contributed by atoms with Crippen molar-refractivity contribution in [3.05, 3.63) is 42.2 Å². The van der Waals surface area contributed by atoms with Gasteiger partial charge < -0.3 is 15.7 Å². The van der Waals surface area contributed by atoms with Crippen molar-refractivity contribution >= 4 is 28.0 Å². The minimum atomic E-state index is 0.398. The van der Waals surface area contributed by atoms with Gasteiger partial charge in [-0.25, -0.2) is 4.98 Å². The van der Waals surface area contributed by atoms with Gasteiger partial charge in [0.2, 0.25) is 0 Å². The summed E-state index contributed by atoms with van der Waals surface area (Å²) >= 11 is 0. The topological polar surface area (TPSA) is 93.6 Å². The third-order valence-electron chi connectivity index (χ3n) is 3.10. The van der Waals surface area contributed by atoms with Gasteiger partial charge >= 0.3 is 0 Å². The quantitative estimate of drug-likeness (QED) is 0.330. The second-order valence-electron chi connectivity index (χ2n) is 4.46. The van der Waals surface area contributed by atoms with Gasteiger partial charge in [0.15, 0.2) is 0 Å². The van der Waals surface area contributed by atoms with Crippen molar-refractivity contribution in [3.8, 4) is 5.75 Å². The van der Waals surface area contributed by atoms with Gasteiger partial charge in [0.1, 0.15) is 17.9 Å². The Balaban J connectivity index is 2.31. The van der Waals surface area contributed by atoms with E-state index in [2.05, 4.69) is 15.1 Å². The van der Waals surface area contributed by atoms with Crippen LogP contribution in [0.1, 0.15) is 5.69 Å². The van der Waals surface area contributed by atoms with Crippen LogP contribution >= 0.6 is 0 Å². The molecule has 106 valence electrons. The average molecular weight is 282 g/mol. The van der Waals surface area contributed by atoms with Crippen LogP contribution in [-0.4, -0.2) is 34.5 Å². The molecule has 6 heteroatoms. The molecule has 0 amide bonds. The first-order valence-electron chi connectivity index (χ1n) is 6.52. The van der Waals surface area contributed by atoms with Crippen LogP contribution in [0, 0.1) is 0 Å². The third-order valence-corrected chi connectivity index (χ3v) is 3.10. The van der Waals surface area contributed by atoms with Gasteiger partial charge in [-0.05, 0) is 12.1 Å². The number of nitrogens with zero attached hydrogens (tertiary/aromatic N) is 3. The summed E-state index contributed by atoms with van der Waals surface area (Å²) in [7, 11) is 0. The van der Waals surface area contributed by atoms with E-state index in [1.54, 1.807) is 12.3 Å². The fraction of sp³-hybridized carbons (Fsp3) is 0.133. The molecule has 1 aromatic carbocycles. The second-order valence-corrected chi connectivity index (χ2v) is 4.46. The first-order chi connectivity index (χ1) is 10.3. The van der Waals surface area contributed by atoms with Crippen LogP contribution in [0.3, 0.4) is 0 Å². The van der Waals surface area contributed by atoms with Gasteiger partial charge in [-0.1, -0.05) is 17.3 Å². The SMILES string of the molecule is NCCOc1cc(C=NO)nc2c1ccc1cccnc12. The fourth-order valence-corrected chi connectivity index (χ4v) is 2.23. The van der Waals surface area contributed by atoms with Gasteiger partial charge in [-0.2, -0.15) is 0 Å². The average Bonchev–Trinajstić information content (AvgIpc) is 2.52. The monoisotopic (exact) mass is 282 g/mol. The van der Waals surface area contributed by atoms with Gasteiger partial charge in [0.05, 0.1) is 17.4 Å². The molecule has 3 rings (SSSR count). The van der Waals surface area contributed by atoms with E-state index in [-0.39, 0.29) is 0 Å². The number of pyridine rings is 2. The van der Waals surface area contributed by atoms with Crippen LogP contribution in [0.4, 0.5) is 0 Å². The first kappa shape index (κ1) is 13.3. The maximum absolute atomic E-state index is 8.73. The van der Waals surface area contributed by atoms with E-state index in [0.717, 1.165) is 16.3 Å². The van der Waals surface area contributed by atoms with E-state index in [1.807, 2.05) is 24.3 Å². The number of benzene rings is 1. The van der Waals surface area contributed by atoms with E-state index in [4.69, 9.17) is 15.7 Å². The standard InChI is InChI=1S/C15H14N4O2/c16-5-7-21-13-8-11(9-18-20)19-15-12(13)4-3-10-2-1-6-17-14(10)15/h1-4,6,8-9,20H,5,7,16H2. The van der Waals surface area contributed by atoms with Crippen LogP contribution in [0.5, 0.6) is 5.75 Å². The van der Waals surface area contributed by atoms with E-state index >= 15 is 0 Å². The summed E-state index contributed by atoms with van der Waals surface area (Å²) in [5.74, 6) is 0.646. The zero-order chi connectivity index (χ0) is 14.7. The number of hydrogen-bond acceptors (Lipinski definition) is 6. The van der Waals surface area contributed by atoms with E-state index in [9.17, 15) is 0 Å². The molecular formula is C15H14N4O2. The number of fused-ring (bicyclic) bond motifs is 3. The number of rotatable bonds is 4. The largest absolute Gasteiger partial charge is 0.491 e. The Hall–Kier alpha value is -2.73. The van der Waals surface area contributed by atoms with Crippen molar-refractivity contribution in [3.63, 3.8) is 0 Å². The Morgan fingerprint density at radius 3 is 3.00 bits per heavy atom. The van der Waals surface area contributed by atoms with Crippen molar-refractivity contribution in [2.24, 2.45) is 10.9 Å². The predicted octanol–water partition coefficient (Wildman–Crippen LogP) is 1.93. The first-order valence-corrected chi connectivity index (χ1v) is 6.52. The summed E-state index contributed by atoms with van der Waals surface area (Å²) in [5.41, 5.74) is 7.47. The lowest BCUT2D eigenvalue weighted by molar-refractivity contribution is 0.321. The molecule has 0 aliphatic heterocycles. The molecule has 0 spiro atoms. The molecule has 2 aromatic heterocycles. The predicted molar refractivity (Wildman–Crippen MR) is 81.0 cm³/mol. The highest BCUT2D eigenvalue weighted by molar-refractivity contribution is 6.05. The normalized spacial score (nSPS) is 11.5. The zero-order valence-electron chi connectivity index (χ0n) is 11.2. The molecule has 3 N–H and O–H groups in total. The number of oxime groups is 1. The van der Waals surface area contributed by atoms with Crippen LogP contribution < -0.4 is 10.5 Å². The molecule has 0 saturated heterocycles. The molecule has 3 aromatic rings. The fourth-order valence-electron chi connectivity index (χ4n) is 2.23. The lowest BCUT2D eigenvalue weighted by atomic mass is 10.1. The smallest absolute Gasteiger partial charge is 0.131 e. The molecule has 0 atom stereocenters.